The maximum Gasteiger partial charge on any atom is 0.320 e. The van der Waals surface area contributed by atoms with Crippen LogP contribution in [0.5, 0.6) is 0 Å². The molecule has 1 heterocycles. The van der Waals surface area contributed by atoms with Crippen LogP contribution in [0.3, 0.4) is 0 Å². The lowest BCUT2D eigenvalue weighted by atomic mass is 9.84. The summed E-state index contributed by atoms with van der Waals surface area (Å²) in [5, 5.41) is 30.5. The lowest BCUT2D eigenvalue weighted by molar-refractivity contribution is -0.144. The monoisotopic (exact) mass is 319 g/mol. The molecule has 1 fully saturated rings. The molecule has 2 atom stereocenters. The minimum Gasteiger partial charge on any atom is -0.481 e. The third-order valence-corrected chi connectivity index (χ3v) is 4.00. The van der Waals surface area contributed by atoms with Gasteiger partial charge in [0.1, 0.15) is 16.4 Å². The van der Waals surface area contributed by atoms with Crippen LogP contribution in [0.4, 0.5) is 0 Å². The fraction of sp³-hybridized carbons (Fsp3) is 0.636. The molecule has 10 heteroatoms. The van der Waals surface area contributed by atoms with Gasteiger partial charge in [0.2, 0.25) is 0 Å². The van der Waals surface area contributed by atoms with Gasteiger partial charge in [0, 0.05) is 19.5 Å². The van der Waals surface area contributed by atoms with Crippen LogP contribution in [0.25, 0.3) is 0 Å². The minimum atomic E-state index is -1.57. The summed E-state index contributed by atoms with van der Waals surface area (Å²) >= 11 is 5.08. The second-order valence-corrected chi connectivity index (χ2v) is 5.25. The van der Waals surface area contributed by atoms with Crippen molar-refractivity contribution in [2.24, 2.45) is 11.3 Å². The summed E-state index contributed by atoms with van der Waals surface area (Å²) in [6.45, 7) is -0.0529. The van der Waals surface area contributed by atoms with E-state index in [-0.39, 0.29) is 37.3 Å². The highest BCUT2D eigenvalue weighted by Gasteiger charge is 2.52. The Bertz CT molecular complexity index is 471. The molecule has 0 bridgehead atoms. The van der Waals surface area contributed by atoms with E-state index >= 15 is 0 Å². The quantitative estimate of drug-likeness (QED) is 0.221. The minimum absolute atomic E-state index is 0.0813. The van der Waals surface area contributed by atoms with Gasteiger partial charge in [0.15, 0.2) is 0 Å². The Hall–Kier alpha value is -1.78. The maximum absolute atomic E-state index is 11.5. The van der Waals surface area contributed by atoms with Crippen LogP contribution in [0.1, 0.15) is 19.3 Å². The zero-order valence-corrected chi connectivity index (χ0v) is 11.9. The maximum atomic E-state index is 11.5. The van der Waals surface area contributed by atoms with E-state index in [4.69, 9.17) is 28.3 Å². The highest BCUT2D eigenvalue weighted by atomic mass is 32.1. The smallest absolute Gasteiger partial charge is 0.320 e. The van der Waals surface area contributed by atoms with Gasteiger partial charge in [-0.3, -0.25) is 14.4 Å². The standard InChI is InChI=1S/C11H17N3O6S/c12-14(3-1-2-7(15)16)9(21)11(10(19)20)4-6(8(17)18)13-5-11/h6,13H,1-5,12H2,(H,15,16)(H,17,18)(H,19,20)/t6-,11+/m0/s1. The fourth-order valence-electron chi connectivity index (χ4n) is 2.16. The first-order valence-corrected chi connectivity index (χ1v) is 6.59. The number of carbonyl (C=O) groups is 3. The summed E-state index contributed by atoms with van der Waals surface area (Å²) in [4.78, 5) is 32.8. The number of hydrogen-bond donors (Lipinski definition) is 5. The lowest BCUT2D eigenvalue weighted by Crippen LogP contribution is -2.52. The van der Waals surface area contributed by atoms with E-state index in [1.165, 1.54) is 0 Å². The average molecular weight is 319 g/mol. The zero-order valence-electron chi connectivity index (χ0n) is 11.1. The van der Waals surface area contributed by atoms with Gasteiger partial charge in [-0.2, -0.15) is 0 Å². The van der Waals surface area contributed by atoms with E-state index in [0.29, 0.717) is 0 Å². The SMILES string of the molecule is NN(CCCC(=O)O)C(=S)[C@]1(C(=O)O)CN[C@H](C(=O)O)C1. The summed E-state index contributed by atoms with van der Waals surface area (Å²) < 4.78 is 0. The predicted molar refractivity (Wildman–Crippen MR) is 74.5 cm³/mol. The van der Waals surface area contributed by atoms with Gasteiger partial charge in [0.25, 0.3) is 0 Å². The molecule has 0 unspecified atom stereocenters. The van der Waals surface area contributed by atoms with Gasteiger partial charge >= 0.3 is 17.9 Å². The van der Waals surface area contributed by atoms with Gasteiger partial charge in [-0.1, -0.05) is 12.2 Å². The molecule has 118 valence electrons. The Labute approximate surface area is 125 Å². The Balaban J connectivity index is 2.77. The molecule has 0 saturated carbocycles. The van der Waals surface area contributed by atoms with Crippen LogP contribution in [0.15, 0.2) is 0 Å². The van der Waals surface area contributed by atoms with Crippen LogP contribution in [0.2, 0.25) is 0 Å². The van der Waals surface area contributed by atoms with Crippen molar-refractivity contribution in [2.75, 3.05) is 13.1 Å². The van der Waals surface area contributed by atoms with Crippen LogP contribution in [0, 0.1) is 5.41 Å². The molecule has 1 aliphatic rings. The van der Waals surface area contributed by atoms with E-state index in [2.05, 4.69) is 5.32 Å². The number of hydrazine groups is 1. The topological polar surface area (TPSA) is 153 Å². The predicted octanol–water partition coefficient (Wildman–Crippen LogP) is -1.13. The molecule has 1 rings (SSSR count). The van der Waals surface area contributed by atoms with E-state index in [9.17, 15) is 19.5 Å². The number of nitrogens with two attached hydrogens (primary N) is 1. The first-order chi connectivity index (χ1) is 9.70. The third kappa shape index (κ3) is 3.86. The van der Waals surface area contributed by atoms with Gasteiger partial charge in [-0.05, 0) is 12.8 Å². The Morgan fingerprint density at radius 3 is 2.38 bits per heavy atom. The van der Waals surface area contributed by atoms with Crippen molar-refractivity contribution in [3.05, 3.63) is 0 Å². The van der Waals surface area contributed by atoms with Crippen molar-refractivity contribution in [3.8, 4) is 0 Å². The number of carboxylic acids is 3. The number of nitrogens with zero attached hydrogens (tertiary/aromatic N) is 1. The summed E-state index contributed by atoms with van der Waals surface area (Å²) in [6.07, 6.45) is -0.118. The first-order valence-electron chi connectivity index (χ1n) is 6.19. The first kappa shape index (κ1) is 17.3. The van der Waals surface area contributed by atoms with Crippen LogP contribution >= 0.6 is 12.2 Å². The van der Waals surface area contributed by atoms with Gasteiger partial charge in [0.05, 0.1) is 0 Å². The summed E-state index contributed by atoms with van der Waals surface area (Å²) in [7, 11) is 0. The number of aliphatic carboxylic acids is 3. The molecule has 0 aromatic heterocycles. The molecule has 0 aromatic rings. The fourth-order valence-corrected chi connectivity index (χ4v) is 2.49. The number of nitrogens with one attached hydrogen (secondary N) is 1. The largest absolute Gasteiger partial charge is 0.481 e. The lowest BCUT2D eigenvalue weighted by Gasteiger charge is -2.30. The molecule has 0 amide bonds. The van der Waals surface area contributed by atoms with Crippen molar-refractivity contribution in [1.82, 2.24) is 10.3 Å². The molecule has 0 aliphatic carbocycles. The summed E-state index contributed by atoms with van der Waals surface area (Å²) in [5.74, 6) is 2.29. The van der Waals surface area contributed by atoms with Crippen molar-refractivity contribution in [3.63, 3.8) is 0 Å². The second-order valence-electron chi connectivity index (χ2n) is 4.86. The Kier molecular flexibility index (Phi) is 5.58. The van der Waals surface area contributed by atoms with Gasteiger partial charge < -0.3 is 25.6 Å². The van der Waals surface area contributed by atoms with Crippen molar-refractivity contribution >= 4 is 35.1 Å². The second kappa shape index (κ2) is 6.78. The number of carboxylic acid groups (broad SMARTS) is 3. The molecular weight excluding hydrogens is 302 g/mol. The highest BCUT2D eigenvalue weighted by Crippen LogP contribution is 2.32. The number of rotatable bonds is 7. The third-order valence-electron chi connectivity index (χ3n) is 3.37. The Morgan fingerprint density at radius 2 is 1.95 bits per heavy atom. The molecule has 0 aromatic carbocycles. The van der Waals surface area contributed by atoms with Crippen LogP contribution < -0.4 is 11.2 Å². The molecule has 1 saturated heterocycles. The number of thiocarbonyl (C=S) groups is 1. The molecule has 0 radical (unpaired) electrons. The summed E-state index contributed by atoms with van der Waals surface area (Å²) in [6, 6.07) is -1.01. The molecule has 9 nitrogen and oxygen atoms in total. The van der Waals surface area contributed by atoms with Crippen LogP contribution in [-0.2, 0) is 14.4 Å². The normalized spacial score (nSPS) is 24.5. The van der Waals surface area contributed by atoms with Crippen molar-refractivity contribution in [2.45, 2.75) is 25.3 Å². The van der Waals surface area contributed by atoms with E-state index < -0.39 is 29.4 Å². The van der Waals surface area contributed by atoms with E-state index in [1.807, 2.05) is 0 Å². The Morgan fingerprint density at radius 1 is 1.33 bits per heavy atom. The number of hydrogen-bond acceptors (Lipinski definition) is 6. The average Bonchev–Trinajstić information content (AvgIpc) is 2.83. The molecular formula is C11H17N3O6S. The van der Waals surface area contributed by atoms with Gasteiger partial charge in [-0.25, -0.2) is 5.84 Å². The molecule has 6 N–H and O–H groups in total. The highest BCUT2D eigenvalue weighted by molar-refractivity contribution is 7.80. The van der Waals surface area contributed by atoms with Crippen molar-refractivity contribution in [1.29, 1.82) is 0 Å². The van der Waals surface area contributed by atoms with E-state index in [0.717, 1.165) is 5.01 Å². The zero-order chi connectivity index (χ0) is 16.2. The van der Waals surface area contributed by atoms with Crippen LogP contribution in [-0.4, -0.2) is 62.4 Å². The van der Waals surface area contributed by atoms with Gasteiger partial charge in [-0.15, -0.1) is 0 Å². The molecule has 21 heavy (non-hydrogen) atoms. The molecule has 0 spiro atoms. The summed E-state index contributed by atoms with van der Waals surface area (Å²) in [5.41, 5.74) is -1.57. The van der Waals surface area contributed by atoms with Crippen molar-refractivity contribution < 1.29 is 29.7 Å². The van der Waals surface area contributed by atoms with E-state index in [1.54, 1.807) is 0 Å². The molecule has 1 aliphatic heterocycles.